The van der Waals surface area contributed by atoms with Gasteiger partial charge in [-0.3, -0.25) is 4.79 Å². The SMILES string of the molecule is Cn1ccnc(N2CCC[C@H](NC3CC(c4ccccc4)C3)C2)c1=O. The minimum absolute atomic E-state index is 0.00376. The Bertz CT molecular complexity index is 767. The largest absolute Gasteiger partial charge is 0.350 e. The highest BCUT2D eigenvalue weighted by atomic mass is 16.1. The molecule has 1 atom stereocenters. The topological polar surface area (TPSA) is 50.2 Å². The first-order chi connectivity index (χ1) is 12.2. The van der Waals surface area contributed by atoms with Gasteiger partial charge in [-0.1, -0.05) is 30.3 Å². The highest BCUT2D eigenvalue weighted by molar-refractivity contribution is 5.36. The monoisotopic (exact) mass is 338 g/mol. The van der Waals surface area contributed by atoms with Crippen molar-refractivity contribution in [1.82, 2.24) is 14.9 Å². The lowest BCUT2D eigenvalue weighted by atomic mass is 9.75. The molecule has 0 unspecified atom stereocenters. The average Bonchev–Trinajstić information content (AvgIpc) is 2.61. The van der Waals surface area contributed by atoms with E-state index in [1.165, 1.54) is 24.8 Å². The molecule has 1 N–H and O–H groups in total. The van der Waals surface area contributed by atoms with Gasteiger partial charge in [-0.25, -0.2) is 4.98 Å². The van der Waals surface area contributed by atoms with E-state index in [0.29, 0.717) is 23.8 Å². The Morgan fingerprint density at radius 1 is 1.16 bits per heavy atom. The molecule has 1 aromatic carbocycles. The summed E-state index contributed by atoms with van der Waals surface area (Å²) in [4.78, 5) is 18.8. The van der Waals surface area contributed by atoms with E-state index in [-0.39, 0.29) is 5.56 Å². The van der Waals surface area contributed by atoms with E-state index in [1.54, 1.807) is 24.0 Å². The zero-order valence-corrected chi connectivity index (χ0v) is 14.8. The van der Waals surface area contributed by atoms with Crippen LogP contribution in [0.4, 0.5) is 5.82 Å². The molecule has 5 heteroatoms. The fraction of sp³-hybridized carbons (Fsp3) is 0.500. The number of anilines is 1. The van der Waals surface area contributed by atoms with Crippen LogP contribution in [-0.4, -0.2) is 34.7 Å². The Balaban J connectivity index is 1.34. The lowest BCUT2D eigenvalue weighted by Crippen LogP contribution is -2.53. The normalized spacial score (nSPS) is 26.3. The minimum Gasteiger partial charge on any atom is -0.350 e. The van der Waals surface area contributed by atoms with Gasteiger partial charge in [0, 0.05) is 44.6 Å². The summed E-state index contributed by atoms with van der Waals surface area (Å²) in [5.74, 6) is 1.29. The maximum Gasteiger partial charge on any atom is 0.293 e. The maximum atomic E-state index is 12.3. The molecule has 2 heterocycles. The van der Waals surface area contributed by atoms with E-state index in [9.17, 15) is 4.79 Å². The van der Waals surface area contributed by atoms with Crippen LogP contribution in [-0.2, 0) is 7.05 Å². The Kier molecular flexibility index (Phi) is 4.57. The van der Waals surface area contributed by atoms with Gasteiger partial charge in [-0.15, -0.1) is 0 Å². The smallest absolute Gasteiger partial charge is 0.293 e. The van der Waals surface area contributed by atoms with Crippen LogP contribution in [0.1, 0.15) is 37.2 Å². The number of rotatable bonds is 4. The van der Waals surface area contributed by atoms with Gasteiger partial charge in [0.25, 0.3) is 5.56 Å². The second-order valence-corrected chi connectivity index (χ2v) is 7.39. The molecule has 25 heavy (non-hydrogen) atoms. The number of aryl methyl sites for hydroxylation is 1. The van der Waals surface area contributed by atoms with Gasteiger partial charge in [0.2, 0.25) is 0 Å². The fourth-order valence-electron chi connectivity index (χ4n) is 4.09. The maximum absolute atomic E-state index is 12.3. The second-order valence-electron chi connectivity index (χ2n) is 7.39. The Hall–Kier alpha value is -2.14. The predicted octanol–water partition coefficient (Wildman–Crippen LogP) is 2.28. The molecule has 1 saturated heterocycles. The highest BCUT2D eigenvalue weighted by Crippen LogP contribution is 2.37. The van der Waals surface area contributed by atoms with Crippen molar-refractivity contribution in [2.75, 3.05) is 18.0 Å². The van der Waals surface area contributed by atoms with Crippen molar-refractivity contribution < 1.29 is 0 Å². The Morgan fingerprint density at radius 2 is 1.96 bits per heavy atom. The standard InChI is InChI=1S/C20H26N4O/c1-23-11-9-21-19(20(23)25)24-10-5-8-17(14-24)22-18-12-16(13-18)15-6-3-2-4-7-15/h2-4,6-7,9,11,16-18,22H,5,8,10,12-14H2,1H3/t16?,17-,18?/m0/s1. The summed E-state index contributed by atoms with van der Waals surface area (Å²) in [5.41, 5.74) is 1.46. The van der Waals surface area contributed by atoms with Crippen molar-refractivity contribution in [3.63, 3.8) is 0 Å². The van der Waals surface area contributed by atoms with Crippen LogP contribution in [0.3, 0.4) is 0 Å². The molecule has 4 rings (SSSR count). The highest BCUT2D eigenvalue weighted by Gasteiger charge is 2.33. The van der Waals surface area contributed by atoms with Crippen molar-refractivity contribution >= 4 is 5.82 Å². The molecule has 0 spiro atoms. The molecule has 0 radical (unpaired) electrons. The van der Waals surface area contributed by atoms with E-state index in [0.717, 1.165) is 19.5 Å². The first-order valence-electron chi connectivity index (χ1n) is 9.28. The minimum atomic E-state index is -0.00376. The molecule has 5 nitrogen and oxygen atoms in total. The van der Waals surface area contributed by atoms with Crippen LogP contribution in [0.5, 0.6) is 0 Å². The van der Waals surface area contributed by atoms with E-state index in [2.05, 4.69) is 45.5 Å². The first kappa shape index (κ1) is 16.3. The van der Waals surface area contributed by atoms with Gasteiger partial charge < -0.3 is 14.8 Å². The van der Waals surface area contributed by atoms with Crippen LogP contribution in [0, 0.1) is 0 Å². The van der Waals surface area contributed by atoms with Crippen molar-refractivity contribution in [3.8, 4) is 0 Å². The summed E-state index contributed by atoms with van der Waals surface area (Å²) in [7, 11) is 1.78. The number of aromatic nitrogens is 2. The molecule has 0 bridgehead atoms. The van der Waals surface area contributed by atoms with Gasteiger partial charge in [-0.05, 0) is 37.2 Å². The number of hydrogen-bond donors (Lipinski definition) is 1. The molecule has 0 amide bonds. The summed E-state index contributed by atoms with van der Waals surface area (Å²) in [6.45, 7) is 1.79. The lowest BCUT2D eigenvalue weighted by Gasteiger charge is -2.41. The van der Waals surface area contributed by atoms with Crippen molar-refractivity contribution in [1.29, 1.82) is 0 Å². The molecule has 2 aliphatic rings. The Labute approximate surface area is 148 Å². The second kappa shape index (κ2) is 7.00. The van der Waals surface area contributed by atoms with Gasteiger partial charge in [0.05, 0.1) is 0 Å². The molecule has 2 aromatic rings. The van der Waals surface area contributed by atoms with Crippen LogP contribution < -0.4 is 15.8 Å². The van der Waals surface area contributed by atoms with Gasteiger partial charge in [0.1, 0.15) is 0 Å². The fourth-order valence-corrected chi connectivity index (χ4v) is 4.09. The summed E-state index contributed by atoms with van der Waals surface area (Å²) in [6.07, 6.45) is 8.13. The zero-order valence-electron chi connectivity index (χ0n) is 14.8. The molecule has 132 valence electrons. The molecule has 2 fully saturated rings. The number of hydrogen-bond acceptors (Lipinski definition) is 4. The number of nitrogens with one attached hydrogen (secondary N) is 1. The van der Waals surface area contributed by atoms with Crippen molar-refractivity contribution in [3.05, 3.63) is 58.6 Å². The summed E-state index contributed by atoms with van der Waals surface area (Å²) in [5, 5.41) is 3.81. The third kappa shape index (κ3) is 3.47. The first-order valence-corrected chi connectivity index (χ1v) is 9.28. The van der Waals surface area contributed by atoms with Crippen LogP contribution in [0.25, 0.3) is 0 Å². The molecule has 1 aromatic heterocycles. The van der Waals surface area contributed by atoms with Crippen LogP contribution in [0.15, 0.2) is 47.5 Å². The summed E-state index contributed by atoms with van der Waals surface area (Å²) in [6, 6.07) is 11.9. The molecule has 1 saturated carbocycles. The van der Waals surface area contributed by atoms with E-state index in [1.807, 2.05) is 0 Å². The molecule has 1 aliphatic heterocycles. The van der Waals surface area contributed by atoms with E-state index < -0.39 is 0 Å². The number of piperidine rings is 1. The lowest BCUT2D eigenvalue weighted by molar-refractivity contribution is 0.251. The third-order valence-electron chi connectivity index (χ3n) is 5.60. The Morgan fingerprint density at radius 3 is 2.76 bits per heavy atom. The van der Waals surface area contributed by atoms with Crippen LogP contribution in [0.2, 0.25) is 0 Å². The van der Waals surface area contributed by atoms with Gasteiger partial charge in [0.15, 0.2) is 5.82 Å². The number of nitrogens with zero attached hydrogens (tertiary/aromatic N) is 3. The van der Waals surface area contributed by atoms with Gasteiger partial charge in [-0.2, -0.15) is 0 Å². The van der Waals surface area contributed by atoms with Crippen molar-refractivity contribution in [2.45, 2.75) is 43.7 Å². The van der Waals surface area contributed by atoms with E-state index >= 15 is 0 Å². The number of benzene rings is 1. The van der Waals surface area contributed by atoms with Crippen LogP contribution >= 0.6 is 0 Å². The average molecular weight is 338 g/mol. The molecular formula is C20H26N4O. The molecule has 1 aliphatic carbocycles. The van der Waals surface area contributed by atoms with E-state index in [4.69, 9.17) is 0 Å². The van der Waals surface area contributed by atoms with Crippen molar-refractivity contribution in [2.24, 2.45) is 7.05 Å². The molecular weight excluding hydrogens is 312 g/mol. The zero-order chi connectivity index (χ0) is 17.2. The third-order valence-corrected chi connectivity index (χ3v) is 5.60. The quantitative estimate of drug-likeness (QED) is 0.929. The van der Waals surface area contributed by atoms with Gasteiger partial charge >= 0.3 is 0 Å². The predicted molar refractivity (Wildman–Crippen MR) is 100 cm³/mol. The summed E-state index contributed by atoms with van der Waals surface area (Å²) < 4.78 is 1.61. The summed E-state index contributed by atoms with van der Waals surface area (Å²) >= 11 is 0.